The van der Waals surface area contributed by atoms with Gasteiger partial charge in [-0.15, -0.1) is 0 Å². The number of hydrogen-bond donors (Lipinski definition) is 1. The van der Waals surface area contributed by atoms with Gasteiger partial charge in [-0.1, -0.05) is 30.3 Å². The molecule has 1 atom stereocenters. The van der Waals surface area contributed by atoms with Crippen molar-refractivity contribution in [1.82, 2.24) is 19.8 Å². The third-order valence-electron chi connectivity index (χ3n) is 5.37. The largest absolute Gasteiger partial charge is 0.374 e. The van der Waals surface area contributed by atoms with Crippen LogP contribution >= 0.6 is 0 Å². The molecule has 0 spiro atoms. The van der Waals surface area contributed by atoms with Crippen LogP contribution in [0.4, 0.5) is 5.95 Å². The number of rotatable bonds is 5. The van der Waals surface area contributed by atoms with Gasteiger partial charge in [0, 0.05) is 58.2 Å². The number of piperazine rings is 1. The first-order chi connectivity index (χ1) is 14.3. The Morgan fingerprint density at radius 3 is 2.55 bits per heavy atom. The van der Waals surface area contributed by atoms with Gasteiger partial charge >= 0.3 is 0 Å². The van der Waals surface area contributed by atoms with E-state index in [2.05, 4.69) is 60.0 Å². The van der Waals surface area contributed by atoms with Crippen LogP contribution in [0.3, 0.4) is 0 Å². The van der Waals surface area contributed by atoms with Gasteiger partial charge in [0.2, 0.25) is 5.95 Å². The molecular weight excluding hydrogens is 366 g/mol. The first-order valence-corrected chi connectivity index (χ1v) is 10.2. The minimum atomic E-state index is 0.0880. The quantitative estimate of drug-likeness (QED) is 0.593. The number of benzene rings is 1. The van der Waals surface area contributed by atoms with Crippen LogP contribution in [0.5, 0.6) is 0 Å². The second kappa shape index (κ2) is 9.67. The van der Waals surface area contributed by atoms with E-state index in [1.165, 1.54) is 5.56 Å². The van der Waals surface area contributed by atoms with Crippen LogP contribution in [0.2, 0.25) is 0 Å². The van der Waals surface area contributed by atoms with Crippen molar-refractivity contribution >= 4 is 11.9 Å². The van der Waals surface area contributed by atoms with Crippen LogP contribution in [-0.4, -0.2) is 84.3 Å². The van der Waals surface area contributed by atoms with Crippen molar-refractivity contribution < 1.29 is 4.74 Å². The summed E-state index contributed by atoms with van der Waals surface area (Å²) in [7, 11) is 0. The summed E-state index contributed by atoms with van der Waals surface area (Å²) in [6.07, 6.45) is 3.64. The van der Waals surface area contributed by atoms with Gasteiger partial charge in [-0.25, -0.2) is 9.97 Å². The number of hydrogen-bond acceptors (Lipinski definition) is 6. The summed E-state index contributed by atoms with van der Waals surface area (Å²) in [6.45, 7) is 7.43. The zero-order valence-corrected chi connectivity index (χ0v) is 16.7. The molecule has 2 aliphatic rings. The highest BCUT2D eigenvalue weighted by molar-refractivity contribution is 5.78. The normalized spacial score (nSPS) is 21.4. The molecule has 0 aliphatic carbocycles. The number of anilines is 1. The fourth-order valence-electron chi connectivity index (χ4n) is 3.76. The summed E-state index contributed by atoms with van der Waals surface area (Å²) in [6, 6.07) is 12.4. The summed E-state index contributed by atoms with van der Waals surface area (Å²) >= 11 is 0. The number of morpholine rings is 1. The minimum Gasteiger partial charge on any atom is -0.374 e. The third-order valence-corrected chi connectivity index (χ3v) is 5.37. The maximum Gasteiger partial charge on any atom is 0.225 e. The van der Waals surface area contributed by atoms with E-state index in [1.807, 2.05) is 6.07 Å². The fraction of sp³-hybridized carbons (Fsp3) is 0.476. The molecule has 0 amide bonds. The highest BCUT2D eigenvalue weighted by Crippen LogP contribution is 2.12. The Kier molecular flexibility index (Phi) is 6.53. The van der Waals surface area contributed by atoms with Gasteiger partial charge in [0.15, 0.2) is 5.96 Å². The number of nitrogens with zero attached hydrogens (tertiary/aromatic N) is 6. The van der Waals surface area contributed by atoms with Crippen molar-refractivity contribution in [2.75, 3.05) is 57.3 Å². The summed E-state index contributed by atoms with van der Waals surface area (Å²) < 4.78 is 5.91. The number of aliphatic imine (C=N–C) groups is 1. The molecule has 8 heteroatoms. The third kappa shape index (κ3) is 5.42. The van der Waals surface area contributed by atoms with E-state index < -0.39 is 0 Å². The molecule has 1 unspecified atom stereocenters. The molecular formula is C21H29N7O. The lowest BCUT2D eigenvalue weighted by atomic mass is 10.2. The van der Waals surface area contributed by atoms with Crippen LogP contribution in [0, 0.1) is 0 Å². The number of ether oxygens (including phenoxy) is 1. The molecule has 4 rings (SSSR count). The summed E-state index contributed by atoms with van der Waals surface area (Å²) in [4.78, 5) is 20.0. The first-order valence-electron chi connectivity index (χ1n) is 10.2. The molecule has 8 nitrogen and oxygen atoms in total. The van der Waals surface area contributed by atoms with Crippen molar-refractivity contribution in [2.24, 2.45) is 10.7 Å². The molecule has 0 bridgehead atoms. The summed E-state index contributed by atoms with van der Waals surface area (Å²) in [5.41, 5.74) is 7.59. The van der Waals surface area contributed by atoms with E-state index in [-0.39, 0.29) is 6.10 Å². The number of guanidine groups is 1. The smallest absolute Gasteiger partial charge is 0.225 e. The molecule has 2 aromatic rings. The van der Waals surface area contributed by atoms with Crippen molar-refractivity contribution in [2.45, 2.75) is 12.6 Å². The van der Waals surface area contributed by atoms with E-state index in [1.54, 1.807) is 12.4 Å². The second-order valence-corrected chi connectivity index (χ2v) is 7.44. The van der Waals surface area contributed by atoms with Crippen LogP contribution < -0.4 is 10.6 Å². The number of aromatic nitrogens is 2. The van der Waals surface area contributed by atoms with Gasteiger partial charge in [0.05, 0.1) is 19.3 Å². The van der Waals surface area contributed by atoms with Crippen LogP contribution in [0.1, 0.15) is 5.56 Å². The molecule has 29 heavy (non-hydrogen) atoms. The monoisotopic (exact) mass is 395 g/mol. The van der Waals surface area contributed by atoms with E-state index in [4.69, 9.17) is 10.5 Å². The highest BCUT2D eigenvalue weighted by atomic mass is 16.5. The molecule has 0 radical (unpaired) electrons. The minimum absolute atomic E-state index is 0.0880. The molecule has 0 saturated carbocycles. The predicted octanol–water partition coefficient (Wildman–Crippen LogP) is 0.814. The first kappa shape index (κ1) is 19.6. The van der Waals surface area contributed by atoms with Crippen molar-refractivity contribution in [1.29, 1.82) is 0 Å². The predicted molar refractivity (Wildman–Crippen MR) is 114 cm³/mol. The molecule has 2 N–H and O–H groups in total. The lowest BCUT2D eigenvalue weighted by Crippen LogP contribution is -2.52. The SMILES string of the molecule is NC(=NCC1CN(Cc2ccccc2)CCO1)N1CCN(c2ncccn2)CC1. The van der Waals surface area contributed by atoms with Gasteiger partial charge in [0.1, 0.15) is 0 Å². The lowest BCUT2D eigenvalue weighted by molar-refractivity contribution is -0.0259. The maximum absolute atomic E-state index is 6.26. The molecule has 3 heterocycles. The average Bonchev–Trinajstić information content (AvgIpc) is 2.79. The van der Waals surface area contributed by atoms with Gasteiger partial charge in [-0.05, 0) is 11.6 Å². The Hall–Kier alpha value is -2.71. The Morgan fingerprint density at radius 1 is 1.03 bits per heavy atom. The van der Waals surface area contributed by atoms with Crippen LogP contribution in [-0.2, 0) is 11.3 Å². The summed E-state index contributed by atoms with van der Waals surface area (Å²) in [5, 5.41) is 0. The molecule has 2 saturated heterocycles. The van der Waals surface area contributed by atoms with E-state index in [9.17, 15) is 0 Å². The molecule has 1 aromatic heterocycles. The van der Waals surface area contributed by atoms with Crippen molar-refractivity contribution in [3.05, 3.63) is 54.4 Å². The molecule has 1 aromatic carbocycles. The van der Waals surface area contributed by atoms with Crippen LogP contribution in [0.25, 0.3) is 0 Å². The van der Waals surface area contributed by atoms with Crippen molar-refractivity contribution in [3.63, 3.8) is 0 Å². The Labute approximate surface area is 172 Å². The molecule has 2 aliphatic heterocycles. The topological polar surface area (TPSA) is 83.1 Å². The number of nitrogens with two attached hydrogens (primary N) is 1. The zero-order valence-electron chi connectivity index (χ0n) is 16.7. The second-order valence-electron chi connectivity index (χ2n) is 7.44. The zero-order chi connectivity index (χ0) is 19.9. The summed E-state index contributed by atoms with van der Waals surface area (Å²) in [5.74, 6) is 1.37. The standard InChI is InChI=1S/C21H29N7O/c22-20(27-9-11-28(12-10-27)21-23-7-4-8-24-21)25-15-19-17-26(13-14-29-19)16-18-5-2-1-3-6-18/h1-8,19H,9-17H2,(H2,22,25). The fourth-order valence-corrected chi connectivity index (χ4v) is 3.76. The molecule has 2 fully saturated rings. The Balaban J connectivity index is 1.24. The lowest BCUT2D eigenvalue weighted by Gasteiger charge is -2.35. The Bertz CT molecular complexity index is 778. The van der Waals surface area contributed by atoms with Gasteiger partial charge in [-0.2, -0.15) is 0 Å². The average molecular weight is 396 g/mol. The van der Waals surface area contributed by atoms with Gasteiger partial charge in [0.25, 0.3) is 0 Å². The van der Waals surface area contributed by atoms with E-state index in [0.717, 1.165) is 58.4 Å². The van der Waals surface area contributed by atoms with Crippen molar-refractivity contribution in [3.8, 4) is 0 Å². The van der Waals surface area contributed by atoms with Crippen LogP contribution in [0.15, 0.2) is 53.8 Å². The highest BCUT2D eigenvalue weighted by Gasteiger charge is 2.22. The Morgan fingerprint density at radius 2 is 1.79 bits per heavy atom. The maximum atomic E-state index is 6.26. The van der Waals surface area contributed by atoms with Gasteiger partial charge in [-0.3, -0.25) is 9.89 Å². The van der Waals surface area contributed by atoms with E-state index in [0.29, 0.717) is 12.5 Å². The van der Waals surface area contributed by atoms with E-state index >= 15 is 0 Å². The van der Waals surface area contributed by atoms with Gasteiger partial charge < -0.3 is 20.3 Å². The molecule has 154 valence electrons.